The van der Waals surface area contributed by atoms with E-state index < -0.39 is 0 Å². The number of benzene rings is 1. The summed E-state index contributed by atoms with van der Waals surface area (Å²) in [5.41, 5.74) is 2.16. The van der Waals surface area contributed by atoms with Crippen LogP contribution in [0.3, 0.4) is 0 Å². The number of anilines is 2. The van der Waals surface area contributed by atoms with Crippen LogP contribution in [0.2, 0.25) is 0 Å². The molecule has 0 bridgehead atoms. The molecule has 0 unspecified atom stereocenters. The Hall–Kier alpha value is -2.88. The summed E-state index contributed by atoms with van der Waals surface area (Å²) >= 11 is 1.32. The van der Waals surface area contributed by atoms with Gasteiger partial charge in [0.2, 0.25) is 11.9 Å². The molecule has 2 aromatic heterocycles. The minimum atomic E-state index is -0.241. The Balaban J connectivity index is 1.54. The average Bonchev–Trinajstić information content (AvgIpc) is 3.41. The number of rotatable bonds is 6. The van der Waals surface area contributed by atoms with E-state index in [2.05, 4.69) is 49.6 Å². The maximum Gasteiger partial charge on any atom is 0.328 e. The van der Waals surface area contributed by atoms with E-state index in [9.17, 15) is 4.79 Å². The second-order valence-electron chi connectivity index (χ2n) is 6.63. The number of aromatic nitrogens is 5. The van der Waals surface area contributed by atoms with E-state index in [1.807, 2.05) is 16.7 Å². The van der Waals surface area contributed by atoms with Crippen LogP contribution in [-0.2, 0) is 4.79 Å². The van der Waals surface area contributed by atoms with Crippen molar-refractivity contribution in [1.29, 1.82) is 0 Å². The molecule has 0 atom stereocenters. The van der Waals surface area contributed by atoms with Crippen LogP contribution in [0, 0.1) is 13.8 Å². The number of carbonyl (C=O) groups is 1. The normalized spacial score (nSPS) is 13.9. The molecule has 0 spiro atoms. The second kappa shape index (κ2) is 8.01. The van der Waals surface area contributed by atoms with Gasteiger partial charge in [-0.25, -0.2) is 0 Å². The third-order valence-corrected chi connectivity index (χ3v) is 5.33. The average molecular weight is 399 g/mol. The highest BCUT2D eigenvalue weighted by Crippen LogP contribution is 2.28. The number of amides is 1. The first-order valence-electron chi connectivity index (χ1n) is 9.10. The Kier molecular flexibility index (Phi) is 5.29. The molecule has 4 rings (SSSR count). The van der Waals surface area contributed by atoms with Crippen LogP contribution in [0.5, 0.6) is 0 Å². The van der Waals surface area contributed by atoms with Crippen LogP contribution in [0.1, 0.15) is 24.2 Å². The third kappa shape index (κ3) is 4.01. The number of nitrogens with zero attached hydrogens (tertiary/aromatic N) is 6. The van der Waals surface area contributed by atoms with Gasteiger partial charge in [0, 0.05) is 13.1 Å². The summed E-state index contributed by atoms with van der Waals surface area (Å²) < 4.78 is 6.93. The van der Waals surface area contributed by atoms with Gasteiger partial charge in [-0.05, 0) is 38.8 Å². The zero-order valence-electron chi connectivity index (χ0n) is 15.8. The number of thioether (sulfide) groups is 1. The zero-order valence-corrected chi connectivity index (χ0v) is 16.6. The Morgan fingerprint density at radius 3 is 2.61 bits per heavy atom. The lowest BCUT2D eigenvalue weighted by molar-refractivity contribution is -0.114. The van der Waals surface area contributed by atoms with Gasteiger partial charge in [-0.1, -0.05) is 34.6 Å². The fourth-order valence-corrected chi connectivity index (χ4v) is 3.78. The molecule has 3 aromatic rings. The molecule has 0 saturated carbocycles. The van der Waals surface area contributed by atoms with Crippen molar-refractivity contribution in [2.75, 3.05) is 29.1 Å². The maximum absolute atomic E-state index is 12.2. The standard InChI is InChI=1S/C18H21N7O2S/c1-12-5-7-14(8-6-12)25-17(24-9-3-4-10-24)21-22-18(25)28-11-15(26)20-16-19-13(2)23-27-16/h5-8H,3-4,9-11H2,1-2H3,(H,19,20,23,26). The second-order valence-corrected chi connectivity index (χ2v) is 7.57. The van der Waals surface area contributed by atoms with E-state index in [0.717, 1.165) is 37.6 Å². The van der Waals surface area contributed by atoms with Crippen molar-refractivity contribution in [3.63, 3.8) is 0 Å². The van der Waals surface area contributed by atoms with Gasteiger partial charge in [-0.2, -0.15) is 4.98 Å². The van der Waals surface area contributed by atoms with E-state index in [1.54, 1.807) is 6.92 Å². The molecule has 10 heteroatoms. The molecule has 146 valence electrons. The molecule has 1 saturated heterocycles. The SMILES string of the molecule is Cc1ccc(-n2c(SCC(=O)Nc3nc(C)no3)nnc2N2CCCC2)cc1. The van der Waals surface area contributed by atoms with Gasteiger partial charge in [-0.15, -0.1) is 10.2 Å². The van der Waals surface area contributed by atoms with Crippen LogP contribution in [0.15, 0.2) is 33.9 Å². The number of aryl methyl sites for hydroxylation is 2. The summed E-state index contributed by atoms with van der Waals surface area (Å²) in [5.74, 6) is 1.20. The van der Waals surface area contributed by atoms with Gasteiger partial charge >= 0.3 is 6.01 Å². The molecule has 28 heavy (non-hydrogen) atoms. The first-order valence-corrected chi connectivity index (χ1v) is 10.1. The van der Waals surface area contributed by atoms with Gasteiger partial charge < -0.3 is 9.42 Å². The Morgan fingerprint density at radius 2 is 1.93 bits per heavy atom. The molecule has 1 aliphatic heterocycles. The fraction of sp³-hybridized carbons (Fsp3) is 0.389. The van der Waals surface area contributed by atoms with Gasteiger partial charge in [0.15, 0.2) is 11.0 Å². The smallest absolute Gasteiger partial charge is 0.328 e. The van der Waals surface area contributed by atoms with Crippen LogP contribution >= 0.6 is 11.8 Å². The molecule has 3 heterocycles. The predicted molar refractivity (Wildman–Crippen MR) is 106 cm³/mol. The number of nitrogens with one attached hydrogen (secondary N) is 1. The largest absolute Gasteiger partial charge is 0.341 e. The molecule has 1 aromatic carbocycles. The van der Waals surface area contributed by atoms with E-state index in [4.69, 9.17) is 4.52 Å². The molecule has 0 aliphatic carbocycles. The number of hydrogen-bond donors (Lipinski definition) is 1. The highest BCUT2D eigenvalue weighted by molar-refractivity contribution is 7.99. The van der Waals surface area contributed by atoms with Crippen molar-refractivity contribution in [2.45, 2.75) is 31.8 Å². The summed E-state index contributed by atoms with van der Waals surface area (Å²) in [6.45, 7) is 5.67. The van der Waals surface area contributed by atoms with Gasteiger partial charge in [0.05, 0.1) is 11.4 Å². The lowest BCUT2D eigenvalue weighted by Gasteiger charge is -2.18. The third-order valence-electron chi connectivity index (χ3n) is 4.40. The lowest BCUT2D eigenvalue weighted by Crippen LogP contribution is -2.22. The van der Waals surface area contributed by atoms with E-state index in [-0.39, 0.29) is 17.7 Å². The van der Waals surface area contributed by atoms with Crippen molar-refractivity contribution in [2.24, 2.45) is 0 Å². The first kappa shape index (κ1) is 18.5. The predicted octanol–water partition coefficient (Wildman–Crippen LogP) is 2.60. The van der Waals surface area contributed by atoms with Crippen LogP contribution < -0.4 is 10.2 Å². The van der Waals surface area contributed by atoms with Gasteiger partial charge in [-0.3, -0.25) is 14.7 Å². The number of carbonyl (C=O) groups excluding carboxylic acids is 1. The van der Waals surface area contributed by atoms with E-state index >= 15 is 0 Å². The lowest BCUT2D eigenvalue weighted by atomic mass is 10.2. The number of hydrogen-bond acceptors (Lipinski definition) is 8. The van der Waals surface area contributed by atoms with Gasteiger partial charge in [0.1, 0.15) is 0 Å². The monoisotopic (exact) mass is 399 g/mol. The van der Waals surface area contributed by atoms with Crippen molar-refractivity contribution in [3.8, 4) is 5.69 Å². The fourth-order valence-electron chi connectivity index (χ4n) is 3.03. The Morgan fingerprint density at radius 1 is 1.18 bits per heavy atom. The molecule has 1 aliphatic rings. The molecule has 1 fully saturated rings. The molecule has 9 nitrogen and oxygen atoms in total. The zero-order chi connectivity index (χ0) is 19.5. The van der Waals surface area contributed by atoms with E-state index in [0.29, 0.717) is 11.0 Å². The summed E-state index contributed by atoms with van der Waals surface area (Å²) in [4.78, 5) is 18.4. The molecular formula is C18H21N7O2S. The van der Waals surface area contributed by atoms with Crippen molar-refractivity contribution >= 4 is 29.6 Å². The van der Waals surface area contributed by atoms with Crippen LogP contribution in [0.25, 0.3) is 5.69 Å². The van der Waals surface area contributed by atoms with E-state index in [1.165, 1.54) is 17.3 Å². The summed E-state index contributed by atoms with van der Waals surface area (Å²) in [6, 6.07) is 8.30. The summed E-state index contributed by atoms with van der Waals surface area (Å²) in [7, 11) is 0. The highest BCUT2D eigenvalue weighted by atomic mass is 32.2. The molecule has 1 amide bonds. The topological polar surface area (TPSA) is 102 Å². The van der Waals surface area contributed by atoms with Crippen molar-refractivity contribution in [1.82, 2.24) is 24.9 Å². The Labute approximate surface area is 166 Å². The summed E-state index contributed by atoms with van der Waals surface area (Å²) in [5, 5.41) is 15.7. The minimum absolute atomic E-state index is 0.0980. The summed E-state index contributed by atoms with van der Waals surface area (Å²) in [6.07, 6.45) is 2.30. The van der Waals surface area contributed by atoms with Crippen molar-refractivity contribution in [3.05, 3.63) is 35.7 Å². The van der Waals surface area contributed by atoms with Crippen LogP contribution in [-0.4, -0.2) is 49.7 Å². The molecular weight excluding hydrogens is 378 g/mol. The van der Waals surface area contributed by atoms with Gasteiger partial charge in [0.25, 0.3) is 0 Å². The Bertz CT molecular complexity index is 961. The maximum atomic E-state index is 12.2. The van der Waals surface area contributed by atoms with Crippen LogP contribution in [0.4, 0.5) is 12.0 Å². The molecule has 1 N–H and O–H groups in total. The minimum Gasteiger partial charge on any atom is -0.341 e. The quantitative estimate of drug-likeness (QED) is 0.631. The van der Waals surface area contributed by atoms with Crippen molar-refractivity contribution < 1.29 is 9.32 Å². The highest BCUT2D eigenvalue weighted by Gasteiger charge is 2.23. The molecule has 0 radical (unpaired) electrons. The first-order chi connectivity index (χ1) is 13.6.